The van der Waals surface area contributed by atoms with Gasteiger partial charge in [0.1, 0.15) is 0 Å². The minimum absolute atomic E-state index is 1.18. The monoisotopic (exact) mass is 620 g/mol. The third-order valence-corrected chi connectivity index (χ3v) is 53.5. The van der Waals surface area contributed by atoms with Gasteiger partial charge in [-0.3, -0.25) is 0 Å². The summed E-state index contributed by atoms with van der Waals surface area (Å²) in [4.78, 5) is 5.69. The first-order valence-corrected chi connectivity index (χ1v) is 31.6. The molecule has 0 aromatic heterocycles. The first kappa shape index (κ1) is 26.9. The van der Waals surface area contributed by atoms with Crippen molar-refractivity contribution >= 4 is 70.9 Å². The molecule has 176 valence electrons. The van der Waals surface area contributed by atoms with Crippen LogP contribution < -0.4 is 8.70 Å². The van der Waals surface area contributed by atoms with Gasteiger partial charge in [-0.15, -0.1) is 0 Å². The van der Waals surface area contributed by atoms with Crippen LogP contribution >= 0.6 is 0 Å². The molecule has 0 spiro atoms. The molecule has 0 bridgehead atoms. The number of hydrogen-bond acceptors (Lipinski definition) is 0. The molecule has 1 saturated heterocycles. The zero-order valence-electron chi connectivity index (χ0n) is 21.4. The second-order valence-electron chi connectivity index (χ2n) is 11.9. The fourth-order valence-corrected chi connectivity index (χ4v) is 65.2. The summed E-state index contributed by atoms with van der Waals surface area (Å²) in [5.74, 6) is 0. The summed E-state index contributed by atoms with van der Waals surface area (Å²) in [6, 6.07) is 23.1. The predicted molar refractivity (Wildman–Crippen MR) is 160 cm³/mol. The van der Waals surface area contributed by atoms with Crippen LogP contribution in [0.25, 0.3) is 9.30 Å². The molecular formula is C24H42As2N2Si4-2. The van der Waals surface area contributed by atoms with Crippen molar-refractivity contribution < 1.29 is 0 Å². The van der Waals surface area contributed by atoms with Gasteiger partial charge in [0.2, 0.25) is 0 Å². The van der Waals surface area contributed by atoms with Crippen molar-refractivity contribution in [3.05, 3.63) is 70.0 Å². The van der Waals surface area contributed by atoms with Gasteiger partial charge in [-0.2, -0.15) is 0 Å². The Kier molecular flexibility index (Phi) is 8.87. The van der Waals surface area contributed by atoms with Crippen molar-refractivity contribution in [2.45, 2.75) is 71.7 Å². The van der Waals surface area contributed by atoms with Crippen molar-refractivity contribution in [1.29, 1.82) is 0 Å². The van der Waals surface area contributed by atoms with E-state index in [0.29, 0.717) is 0 Å². The third-order valence-electron chi connectivity index (χ3n) is 5.76. The van der Waals surface area contributed by atoms with E-state index >= 15 is 0 Å². The zero-order chi connectivity index (χ0) is 23.6. The number of rotatable bonds is 2. The molecule has 2 aromatic carbocycles. The maximum absolute atomic E-state index is 5.87. The van der Waals surface area contributed by atoms with Crippen LogP contribution in [0, 0.1) is 0 Å². The van der Waals surface area contributed by atoms with Crippen LogP contribution in [0.4, 0.5) is 0 Å². The van der Waals surface area contributed by atoms with Crippen LogP contribution in [-0.2, 0) is 0 Å². The molecule has 2 nitrogen and oxygen atoms in total. The molecule has 1 aliphatic rings. The molecule has 1 heterocycles. The molecule has 0 unspecified atom stereocenters. The summed E-state index contributed by atoms with van der Waals surface area (Å²) in [6.07, 6.45) is 0. The summed E-state index contributed by atoms with van der Waals surface area (Å²) >= 11 is -2.35. The molecule has 1 aliphatic heterocycles. The van der Waals surface area contributed by atoms with Gasteiger partial charge in [0.25, 0.3) is 0 Å². The van der Waals surface area contributed by atoms with E-state index in [4.69, 9.17) is 9.30 Å². The molecule has 8 heteroatoms. The van der Waals surface area contributed by atoms with E-state index < -0.39 is 62.2 Å². The first-order valence-electron chi connectivity index (χ1n) is 11.8. The molecule has 0 radical (unpaired) electrons. The van der Waals surface area contributed by atoms with E-state index in [1.807, 2.05) is 0 Å². The molecular weight excluding hydrogens is 578 g/mol. The quantitative estimate of drug-likeness (QED) is 0.342. The van der Waals surface area contributed by atoms with Crippen molar-refractivity contribution in [3.8, 4) is 0 Å². The zero-order valence-corrected chi connectivity index (χ0v) is 29.1. The van der Waals surface area contributed by atoms with Crippen LogP contribution in [-0.4, -0.2) is 62.2 Å². The number of benzene rings is 2. The second kappa shape index (κ2) is 10.5. The molecule has 0 amide bonds. The van der Waals surface area contributed by atoms with E-state index in [0.717, 1.165) is 0 Å². The summed E-state index contributed by atoms with van der Waals surface area (Å²) in [7, 11) is -6.44. The summed E-state index contributed by atoms with van der Waals surface area (Å²) in [5.41, 5.74) is 0. The van der Waals surface area contributed by atoms with Crippen LogP contribution in [0.1, 0.15) is 0 Å². The summed E-state index contributed by atoms with van der Waals surface area (Å²) in [5, 5.41) is 0. The van der Waals surface area contributed by atoms with Gasteiger partial charge in [0, 0.05) is 0 Å². The first-order chi connectivity index (χ1) is 14.8. The Labute approximate surface area is 211 Å². The van der Waals surface area contributed by atoms with Gasteiger partial charge in [-0.1, -0.05) is 0 Å². The average Bonchev–Trinajstić information content (AvgIpc) is 2.65. The SMILES string of the molecule is C[Si]1(C)C[As](c2ccccc2)C[Si](C)(C)[N-][Si](C)(C)C[As](c2ccccc2)C[Si](C)(C)[N-]1. The van der Waals surface area contributed by atoms with Crippen LogP contribution in [0.2, 0.25) is 71.7 Å². The normalized spacial score (nSPS) is 27.6. The summed E-state index contributed by atoms with van der Waals surface area (Å²) < 4.78 is 15.1. The van der Waals surface area contributed by atoms with Gasteiger partial charge in [0.15, 0.2) is 0 Å². The van der Waals surface area contributed by atoms with Gasteiger partial charge < -0.3 is 0 Å². The summed E-state index contributed by atoms with van der Waals surface area (Å²) in [6.45, 7) is 20.6. The molecule has 32 heavy (non-hydrogen) atoms. The molecule has 0 saturated carbocycles. The Hall–Kier alpha value is 0.344. The Morgan fingerprint density at radius 1 is 0.469 bits per heavy atom. The Morgan fingerprint density at radius 3 is 0.969 bits per heavy atom. The third kappa shape index (κ3) is 8.23. The van der Waals surface area contributed by atoms with Crippen molar-refractivity contribution in [2.75, 3.05) is 0 Å². The molecule has 0 atom stereocenters. The standard InChI is InChI=1S/C24H42As2N2Si4/c1-29(2)19-25(23-15-11-9-12-16-23)20-31(5,6)28-32(7,8)22-26(21-30(3,4)27-29)24-17-13-10-14-18-24/h9-18H,19-22H2,1-8H3/q-2. The number of hydrogen-bond donors (Lipinski definition) is 0. The van der Waals surface area contributed by atoms with Crippen molar-refractivity contribution in [3.63, 3.8) is 0 Å². The van der Waals surface area contributed by atoms with Gasteiger partial charge in [0.05, 0.1) is 0 Å². The van der Waals surface area contributed by atoms with Gasteiger partial charge in [-0.25, -0.2) is 0 Å². The molecule has 0 aliphatic carbocycles. The second-order valence-corrected chi connectivity index (χ2v) is 44.1. The Bertz CT molecular complexity index is 771. The average molecular weight is 621 g/mol. The van der Waals surface area contributed by atoms with Gasteiger partial charge in [-0.05, 0) is 0 Å². The Morgan fingerprint density at radius 2 is 0.719 bits per heavy atom. The van der Waals surface area contributed by atoms with E-state index in [-0.39, 0.29) is 0 Å². The Balaban J connectivity index is 1.99. The van der Waals surface area contributed by atoms with Gasteiger partial charge >= 0.3 is 213 Å². The molecule has 0 N–H and O–H groups in total. The van der Waals surface area contributed by atoms with E-state index in [1.54, 1.807) is 8.70 Å². The number of nitrogens with zero attached hydrogens (tertiary/aromatic N) is 2. The molecule has 1 fully saturated rings. The van der Waals surface area contributed by atoms with E-state index in [2.05, 4.69) is 113 Å². The fraction of sp³-hybridized carbons (Fsp3) is 0.500. The van der Waals surface area contributed by atoms with Crippen LogP contribution in [0.5, 0.6) is 0 Å². The maximum atomic E-state index is 5.87. The topological polar surface area (TPSA) is 28.2 Å². The minimum atomic E-state index is -1.61. The van der Waals surface area contributed by atoms with E-state index in [1.165, 1.54) is 19.3 Å². The molecule has 3 rings (SSSR count). The van der Waals surface area contributed by atoms with Crippen LogP contribution in [0.15, 0.2) is 60.7 Å². The van der Waals surface area contributed by atoms with E-state index in [9.17, 15) is 0 Å². The molecule has 2 aromatic rings. The van der Waals surface area contributed by atoms with Crippen molar-refractivity contribution in [1.82, 2.24) is 0 Å². The van der Waals surface area contributed by atoms with Crippen molar-refractivity contribution in [2.24, 2.45) is 0 Å². The van der Waals surface area contributed by atoms with Crippen LogP contribution in [0.3, 0.4) is 0 Å². The predicted octanol–water partition coefficient (Wildman–Crippen LogP) is 6.53. The fourth-order valence-electron chi connectivity index (χ4n) is 5.40.